The molecule has 0 aromatic heterocycles. The molecule has 0 rings (SSSR count). The highest BCUT2D eigenvalue weighted by molar-refractivity contribution is 5.67. The number of allylic oxidation sites excluding steroid dienone is 2. The van der Waals surface area contributed by atoms with Gasteiger partial charge in [-0.15, -0.1) is 0 Å². The first-order chi connectivity index (χ1) is 5.79. The van der Waals surface area contributed by atoms with Crippen LogP contribution in [0, 0.1) is 6.92 Å². The van der Waals surface area contributed by atoms with Gasteiger partial charge in [-0.3, -0.25) is 4.79 Å². The molecule has 0 aromatic carbocycles. The van der Waals surface area contributed by atoms with Crippen LogP contribution in [0.3, 0.4) is 0 Å². The zero-order valence-corrected chi connectivity index (χ0v) is 6.74. The van der Waals surface area contributed by atoms with Crippen LogP contribution in [0.5, 0.6) is 0 Å². The highest BCUT2D eigenvalue weighted by Crippen LogP contribution is 2.30. The summed E-state index contributed by atoms with van der Waals surface area (Å²) in [5.74, 6) is -4.53. The predicted molar refractivity (Wildman–Crippen MR) is 35.9 cm³/mol. The standard InChI is InChI=1S/C7H7F4O2/c1-3-5(13-4(2)12)6(8)7(9,10)11/h1,3H2,2H3. The summed E-state index contributed by atoms with van der Waals surface area (Å²) in [6.07, 6.45) is -5.71. The second-order valence-electron chi connectivity index (χ2n) is 2.08. The van der Waals surface area contributed by atoms with Crippen LogP contribution in [0.15, 0.2) is 11.6 Å². The summed E-state index contributed by atoms with van der Waals surface area (Å²) in [7, 11) is 0. The number of alkyl halides is 3. The summed E-state index contributed by atoms with van der Waals surface area (Å²) in [6, 6.07) is 0. The van der Waals surface area contributed by atoms with E-state index in [0.29, 0.717) is 0 Å². The summed E-state index contributed by atoms with van der Waals surface area (Å²) in [5, 5.41) is 0. The number of esters is 1. The molecule has 0 aliphatic rings. The Morgan fingerprint density at radius 2 is 1.92 bits per heavy atom. The van der Waals surface area contributed by atoms with Gasteiger partial charge in [0.2, 0.25) is 5.83 Å². The van der Waals surface area contributed by atoms with Gasteiger partial charge >= 0.3 is 12.1 Å². The van der Waals surface area contributed by atoms with Crippen molar-refractivity contribution in [3.8, 4) is 0 Å². The maximum Gasteiger partial charge on any atom is 0.446 e. The lowest BCUT2D eigenvalue weighted by Crippen LogP contribution is -2.13. The number of ether oxygens (including phenoxy) is 1. The Morgan fingerprint density at radius 3 is 2.15 bits per heavy atom. The molecule has 0 saturated carbocycles. The van der Waals surface area contributed by atoms with E-state index in [-0.39, 0.29) is 0 Å². The first kappa shape index (κ1) is 11.9. The lowest BCUT2D eigenvalue weighted by atomic mass is 10.3. The average molecular weight is 199 g/mol. The lowest BCUT2D eigenvalue weighted by molar-refractivity contribution is -0.139. The summed E-state index contributed by atoms with van der Waals surface area (Å²) in [6.45, 7) is 3.87. The monoisotopic (exact) mass is 199 g/mol. The van der Waals surface area contributed by atoms with Crippen LogP contribution in [0.4, 0.5) is 17.6 Å². The Labute approximate surface area is 72.2 Å². The molecule has 0 aliphatic carbocycles. The molecule has 2 nitrogen and oxygen atoms in total. The third-order valence-electron chi connectivity index (χ3n) is 0.988. The molecule has 0 aliphatic heterocycles. The Hall–Kier alpha value is -1.07. The van der Waals surface area contributed by atoms with E-state index in [4.69, 9.17) is 0 Å². The van der Waals surface area contributed by atoms with E-state index < -0.39 is 30.2 Å². The molecule has 0 bridgehead atoms. The number of hydrogen-bond acceptors (Lipinski definition) is 2. The van der Waals surface area contributed by atoms with Gasteiger partial charge in [-0.05, 0) is 6.92 Å². The van der Waals surface area contributed by atoms with E-state index in [9.17, 15) is 22.4 Å². The maximum absolute atomic E-state index is 12.4. The van der Waals surface area contributed by atoms with Crippen molar-refractivity contribution in [3.63, 3.8) is 0 Å². The minimum absolute atomic E-state index is 0.578. The molecule has 0 aromatic rings. The molecule has 0 spiro atoms. The van der Waals surface area contributed by atoms with Crippen LogP contribution in [-0.2, 0) is 9.53 Å². The van der Waals surface area contributed by atoms with Crippen LogP contribution in [0.1, 0.15) is 13.3 Å². The lowest BCUT2D eigenvalue weighted by Gasteiger charge is -2.08. The Morgan fingerprint density at radius 1 is 1.46 bits per heavy atom. The zero-order chi connectivity index (χ0) is 10.6. The minimum Gasteiger partial charge on any atom is -0.428 e. The summed E-state index contributed by atoms with van der Waals surface area (Å²) >= 11 is 0. The van der Waals surface area contributed by atoms with Gasteiger partial charge in [-0.1, -0.05) is 0 Å². The molecule has 6 heteroatoms. The van der Waals surface area contributed by atoms with Gasteiger partial charge < -0.3 is 4.74 Å². The fraction of sp³-hybridized carbons (Fsp3) is 0.429. The molecule has 0 atom stereocenters. The topological polar surface area (TPSA) is 26.3 Å². The highest BCUT2D eigenvalue weighted by Gasteiger charge is 2.38. The van der Waals surface area contributed by atoms with E-state index in [1.54, 1.807) is 0 Å². The smallest absolute Gasteiger partial charge is 0.428 e. The number of carbonyl (C=O) groups is 1. The summed E-state index contributed by atoms with van der Waals surface area (Å²) in [4.78, 5) is 10.2. The Kier molecular flexibility index (Phi) is 3.90. The van der Waals surface area contributed by atoms with Crippen LogP contribution in [-0.4, -0.2) is 12.1 Å². The van der Waals surface area contributed by atoms with Crippen molar-refractivity contribution in [2.75, 3.05) is 0 Å². The molecule has 0 heterocycles. The average Bonchev–Trinajstić information content (AvgIpc) is 1.96. The number of carbonyl (C=O) groups excluding carboxylic acids is 1. The van der Waals surface area contributed by atoms with Gasteiger partial charge in [0, 0.05) is 13.3 Å². The largest absolute Gasteiger partial charge is 0.446 e. The van der Waals surface area contributed by atoms with Gasteiger partial charge in [-0.25, -0.2) is 0 Å². The van der Waals surface area contributed by atoms with E-state index in [0.717, 1.165) is 6.92 Å². The molecule has 0 saturated heterocycles. The van der Waals surface area contributed by atoms with E-state index in [1.165, 1.54) is 0 Å². The van der Waals surface area contributed by atoms with Crippen LogP contribution < -0.4 is 0 Å². The third kappa shape index (κ3) is 3.91. The molecule has 0 amide bonds. The molecule has 0 fully saturated rings. The van der Waals surface area contributed by atoms with Crippen molar-refractivity contribution in [2.24, 2.45) is 0 Å². The first-order valence-electron chi connectivity index (χ1n) is 3.22. The van der Waals surface area contributed by atoms with Gasteiger partial charge in [-0.2, -0.15) is 17.6 Å². The molecule has 1 radical (unpaired) electrons. The first-order valence-corrected chi connectivity index (χ1v) is 3.22. The van der Waals surface area contributed by atoms with Crippen LogP contribution >= 0.6 is 0 Å². The number of halogens is 4. The highest BCUT2D eigenvalue weighted by atomic mass is 19.4. The minimum atomic E-state index is -5.14. The van der Waals surface area contributed by atoms with Crippen molar-refractivity contribution in [3.05, 3.63) is 18.5 Å². The molecular formula is C7H7F4O2. The quantitative estimate of drug-likeness (QED) is 0.388. The van der Waals surface area contributed by atoms with E-state index in [1.807, 2.05) is 0 Å². The van der Waals surface area contributed by atoms with Gasteiger partial charge in [0.15, 0.2) is 0 Å². The molecule has 0 N–H and O–H groups in total. The van der Waals surface area contributed by atoms with Gasteiger partial charge in [0.1, 0.15) is 5.76 Å². The second-order valence-corrected chi connectivity index (χ2v) is 2.08. The molecule has 75 valence electrons. The van der Waals surface area contributed by atoms with Crippen molar-refractivity contribution < 1.29 is 27.1 Å². The number of rotatable bonds is 2. The Bertz CT molecular complexity index is 229. The maximum atomic E-state index is 12.4. The molecule has 13 heavy (non-hydrogen) atoms. The van der Waals surface area contributed by atoms with E-state index >= 15 is 0 Å². The van der Waals surface area contributed by atoms with Gasteiger partial charge in [0.05, 0.1) is 0 Å². The molecule has 0 unspecified atom stereocenters. The van der Waals surface area contributed by atoms with Crippen LogP contribution in [0.25, 0.3) is 0 Å². The fourth-order valence-corrected chi connectivity index (χ4v) is 0.537. The predicted octanol–water partition coefficient (Wildman–Crippen LogP) is 2.52. The van der Waals surface area contributed by atoms with Crippen molar-refractivity contribution in [1.29, 1.82) is 0 Å². The summed E-state index contributed by atoms with van der Waals surface area (Å²) < 4.78 is 51.4. The Balaban J connectivity index is 4.80. The summed E-state index contributed by atoms with van der Waals surface area (Å²) in [5.41, 5.74) is 0. The zero-order valence-electron chi connectivity index (χ0n) is 6.74. The number of hydrogen-bond donors (Lipinski definition) is 0. The molecular weight excluding hydrogens is 192 g/mol. The van der Waals surface area contributed by atoms with E-state index in [2.05, 4.69) is 11.7 Å². The van der Waals surface area contributed by atoms with Crippen LogP contribution in [0.2, 0.25) is 0 Å². The normalized spacial score (nSPS) is 13.7. The van der Waals surface area contributed by atoms with Crippen molar-refractivity contribution in [2.45, 2.75) is 19.5 Å². The van der Waals surface area contributed by atoms with Crippen molar-refractivity contribution >= 4 is 5.97 Å². The SMILES string of the molecule is [CH2]CC(OC(C)=O)=C(F)C(F)(F)F. The fourth-order valence-electron chi connectivity index (χ4n) is 0.537. The van der Waals surface area contributed by atoms with Gasteiger partial charge in [0.25, 0.3) is 0 Å². The van der Waals surface area contributed by atoms with Crippen molar-refractivity contribution in [1.82, 2.24) is 0 Å². The second kappa shape index (κ2) is 4.25. The third-order valence-corrected chi connectivity index (χ3v) is 0.988.